The first-order valence-electron chi connectivity index (χ1n) is 7.81. The molecule has 2 N–H and O–H groups in total. The molecule has 0 unspecified atom stereocenters. The third kappa shape index (κ3) is 3.74. The van der Waals surface area contributed by atoms with Gasteiger partial charge < -0.3 is 10.6 Å². The highest BCUT2D eigenvalue weighted by molar-refractivity contribution is 5.78. The molecule has 0 saturated heterocycles. The summed E-state index contributed by atoms with van der Waals surface area (Å²) in [6, 6.07) is 6.02. The summed E-state index contributed by atoms with van der Waals surface area (Å²) in [6.45, 7) is 4.25. The van der Waals surface area contributed by atoms with Gasteiger partial charge in [0.15, 0.2) is 0 Å². The van der Waals surface area contributed by atoms with Crippen molar-refractivity contribution in [1.29, 1.82) is 0 Å². The Morgan fingerprint density at radius 1 is 1.35 bits per heavy atom. The number of pyridine rings is 1. The molecule has 1 aliphatic rings. The molecule has 1 aliphatic heterocycles. The largest absolute Gasteiger partial charge is 0.352 e. The van der Waals surface area contributed by atoms with Crippen molar-refractivity contribution in [3.8, 4) is 0 Å². The lowest BCUT2D eigenvalue weighted by atomic mass is 9.96. The molecule has 2 heterocycles. The van der Waals surface area contributed by atoms with E-state index in [9.17, 15) is 9.18 Å². The lowest BCUT2D eigenvalue weighted by Gasteiger charge is -2.21. The molecular weight excluding hydrogens is 293 g/mol. The van der Waals surface area contributed by atoms with Crippen LogP contribution in [0.15, 0.2) is 30.5 Å². The fourth-order valence-electron chi connectivity index (χ4n) is 2.91. The van der Waals surface area contributed by atoms with E-state index in [1.165, 1.54) is 23.3 Å². The van der Waals surface area contributed by atoms with Crippen LogP contribution in [-0.2, 0) is 30.7 Å². The molecular formula is C18H20FN3O. The van der Waals surface area contributed by atoms with Gasteiger partial charge >= 0.3 is 0 Å². The summed E-state index contributed by atoms with van der Waals surface area (Å²) in [6.07, 6.45) is 3.13. The molecule has 1 aromatic heterocycles. The summed E-state index contributed by atoms with van der Waals surface area (Å²) in [4.78, 5) is 16.5. The van der Waals surface area contributed by atoms with E-state index in [0.717, 1.165) is 36.3 Å². The van der Waals surface area contributed by atoms with Crippen LogP contribution in [0.5, 0.6) is 0 Å². The Labute approximate surface area is 135 Å². The van der Waals surface area contributed by atoms with Crippen LogP contribution in [0.1, 0.15) is 27.9 Å². The third-order valence-corrected chi connectivity index (χ3v) is 4.21. The number of amides is 1. The Balaban J connectivity index is 1.66. The number of hydrogen-bond donors (Lipinski definition) is 2. The fraction of sp³-hybridized carbons (Fsp3) is 0.333. The lowest BCUT2D eigenvalue weighted by molar-refractivity contribution is -0.120. The van der Waals surface area contributed by atoms with Gasteiger partial charge in [0.2, 0.25) is 5.91 Å². The monoisotopic (exact) mass is 313 g/mol. The molecule has 0 bridgehead atoms. The van der Waals surface area contributed by atoms with E-state index in [0.29, 0.717) is 6.54 Å². The van der Waals surface area contributed by atoms with Crippen molar-refractivity contribution in [2.45, 2.75) is 32.9 Å². The predicted octanol–water partition coefficient (Wildman–Crippen LogP) is 2.03. The summed E-state index contributed by atoms with van der Waals surface area (Å²) in [5, 5.41) is 6.29. The second-order valence-electron chi connectivity index (χ2n) is 5.83. The molecule has 23 heavy (non-hydrogen) atoms. The standard InChI is InChI=1S/C18H20FN3O/c1-12-17(16-6-7-20-9-14(16)10-21-12)11-22-18(23)8-13-2-4-15(19)5-3-13/h2-5,10,20H,6-9,11H2,1H3,(H,22,23). The second kappa shape index (κ2) is 6.87. The Hall–Kier alpha value is -2.27. The maximum atomic E-state index is 12.9. The van der Waals surface area contributed by atoms with Gasteiger partial charge in [-0.1, -0.05) is 12.1 Å². The first-order valence-corrected chi connectivity index (χ1v) is 7.81. The van der Waals surface area contributed by atoms with Crippen molar-refractivity contribution >= 4 is 5.91 Å². The van der Waals surface area contributed by atoms with Gasteiger partial charge in [-0.3, -0.25) is 9.78 Å². The van der Waals surface area contributed by atoms with Crippen molar-refractivity contribution in [1.82, 2.24) is 15.6 Å². The maximum absolute atomic E-state index is 12.9. The number of aryl methyl sites for hydroxylation is 1. The molecule has 1 amide bonds. The zero-order chi connectivity index (χ0) is 16.2. The van der Waals surface area contributed by atoms with E-state index in [2.05, 4.69) is 15.6 Å². The summed E-state index contributed by atoms with van der Waals surface area (Å²) < 4.78 is 12.9. The van der Waals surface area contributed by atoms with Crippen LogP contribution < -0.4 is 10.6 Å². The van der Waals surface area contributed by atoms with Crippen LogP contribution in [0.2, 0.25) is 0 Å². The van der Waals surface area contributed by atoms with Crippen LogP contribution in [-0.4, -0.2) is 17.4 Å². The minimum Gasteiger partial charge on any atom is -0.352 e. The van der Waals surface area contributed by atoms with Gasteiger partial charge in [0.1, 0.15) is 5.82 Å². The molecule has 5 heteroatoms. The van der Waals surface area contributed by atoms with E-state index in [1.54, 1.807) is 12.1 Å². The minimum atomic E-state index is -0.291. The molecule has 2 aromatic rings. The zero-order valence-corrected chi connectivity index (χ0v) is 13.2. The van der Waals surface area contributed by atoms with Gasteiger partial charge in [0.05, 0.1) is 6.42 Å². The van der Waals surface area contributed by atoms with Crippen molar-refractivity contribution in [2.24, 2.45) is 0 Å². The number of aromatic nitrogens is 1. The van der Waals surface area contributed by atoms with Gasteiger partial charge in [-0.15, -0.1) is 0 Å². The van der Waals surface area contributed by atoms with Gasteiger partial charge in [-0.25, -0.2) is 4.39 Å². The third-order valence-electron chi connectivity index (χ3n) is 4.21. The first kappa shape index (κ1) is 15.6. The van der Waals surface area contributed by atoms with Crippen molar-refractivity contribution in [3.05, 3.63) is 64.2 Å². The minimum absolute atomic E-state index is 0.0671. The van der Waals surface area contributed by atoms with Crippen molar-refractivity contribution in [2.75, 3.05) is 6.54 Å². The van der Waals surface area contributed by atoms with E-state index in [4.69, 9.17) is 0 Å². The lowest BCUT2D eigenvalue weighted by Crippen LogP contribution is -2.29. The van der Waals surface area contributed by atoms with Gasteiger partial charge in [-0.05, 0) is 54.3 Å². The number of halogens is 1. The normalized spacial score (nSPS) is 13.5. The summed E-state index contributed by atoms with van der Waals surface area (Å²) in [5.74, 6) is -0.358. The highest BCUT2D eigenvalue weighted by Crippen LogP contribution is 2.20. The smallest absolute Gasteiger partial charge is 0.224 e. The SMILES string of the molecule is Cc1ncc2c(c1CNC(=O)Cc1ccc(F)cc1)CCNC2. The Kier molecular flexibility index (Phi) is 4.67. The van der Waals surface area contributed by atoms with Crippen LogP contribution in [0.25, 0.3) is 0 Å². The number of hydrogen-bond acceptors (Lipinski definition) is 3. The van der Waals surface area contributed by atoms with E-state index in [1.807, 2.05) is 13.1 Å². The Bertz CT molecular complexity index is 713. The number of nitrogens with zero attached hydrogens (tertiary/aromatic N) is 1. The number of carbonyl (C=O) groups excluding carboxylic acids is 1. The van der Waals surface area contributed by atoms with Crippen LogP contribution in [0, 0.1) is 12.7 Å². The van der Waals surface area contributed by atoms with Crippen LogP contribution >= 0.6 is 0 Å². The van der Waals surface area contributed by atoms with E-state index in [-0.39, 0.29) is 18.1 Å². The molecule has 3 rings (SSSR count). The van der Waals surface area contributed by atoms with Gasteiger partial charge in [-0.2, -0.15) is 0 Å². The highest BCUT2D eigenvalue weighted by Gasteiger charge is 2.16. The number of rotatable bonds is 4. The first-order chi connectivity index (χ1) is 11.1. The number of carbonyl (C=O) groups is 1. The Morgan fingerprint density at radius 3 is 2.91 bits per heavy atom. The summed E-state index contributed by atoms with van der Waals surface area (Å²) in [5.41, 5.74) is 5.41. The predicted molar refractivity (Wildman–Crippen MR) is 86.3 cm³/mol. The second-order valence-corrected chi connectivity index (χ2v) is 5.83. The number of fused-ring (bicyclic) bond motifs is 1. The summed E-state index contributed by atoms with van der Waals surface area (Å²) in [7, 11) is 0. The topological polar surface area (TPSA) is 54.0 Å². The average Bonchev–Trinajstić information content (AvgIpc) is 2.56. The molecule has 1 aromatic carbocycles. The maximum Gasteiger partial charge on any atom is 0.224 e. The van der Waals surface area contributed by atoms with Crippen molar-refractivity contribution < 1.29 is 9.18 Å². The number of nitrogens with one attached hydrogen (secondary N) is 2. The molecule has 0 radical (unpaired) electrons. The van der Waals surface area contributed by atoms with Crippen LogP contribution in [0.4, 0.5) is 4.39 Å². The molecule has 0 atom stereocenters. The average molecular weight is 313 g/mol. The van der Waals surface area contributed by atoms with Crippen molar-refractivity contribution in [3.63, 3.8) is 0 Å². The molecule has 0 aliphatic carbocycles. The highest BCUT2D eigenvalue weighted by atomic mass is 19.1. The fourth-order valence-corrected chi connectivity index (χ4v) is 2.91. The summed E-state index contributed by atoms with van der Waals surface area (Å²) >= 11 is 0. The molecule has 4 nitrogen and oxygen atoms in total. The Morgan fingerprint density at radius 2 is 2.13 bits per heavy atom. The number of benzene rings is 1. The molecule has 0 spiro atoms. The molecule has 0 saturated carbocycles. The molecule has 0 fully saturated rings. The van der Waals surface area contributed by atoms with E-state index >= 15 is 0 Å². The van der Waals surface area contributed by atoms with Gasteiger partial charge in [0.25, 0.3) is 0 Å². The van der Waals surface area contributed by atoms with Gasteiger partial charge in [0, 0.05) is 25.0 Å². The zero-order valence-electron chi connectivity index (χ0n) is 13.2. The van der Waals surface area contributed by atoms with E-state index < -0.39 is 0 Å². The molecule has 120 valence electrons. The van der Waals surface area contributed by atoms with Crippen LogP contribution in [0.3, 0.4) is 0 Å². The quantitative estimate of drug-likeness (QED) is 0.908.